The van der Waals surface area contributed by atoms with Gasteiger partial charge in [0.1, 0.15) is 28.3 Å². The fraction of sp³-hybridized carbons (Fsp3) is 0.435. The van der Waals surface area contributed by atoms with E-state index in [1.54, 1.807) is 27.5 Å². The largest absolute Gasteiger partial charge is 0.497 e. The second-order valence-electron chi connectivity index (χ2n) is 7.34. The summed E-state index contributed by atoms with van der Waals surface area (Å²) in [6.07, 6.45) is 4.52. The van der Waals surface area contributed by atoms with Gasteiger partial charge in [0.15, 0.2) is 5.82 Å². The van der Waals surface area contributed by atoms with Crippen molar-refractivity contribution in [1.29, 1.82) is 0 Å². The molecule has 0 saturated carbocycles. The number of benzene rings is 1. The number of pyridine rings is 1. The molecule has 0 radical (unpaired) electrons. The Balaban J connectivity index is 1.90. The summed E-state index contributed by atoms with van der Waals surface area (Å²) in [4.78, 5) is 13.7. The van der Waals surface area contributed by atoms with Crippen molar-refractivity contribution in [3.8, 4) is 17.2 Å². The monoisotopic (exact) mass is 441 g/mol. The van der Waals surface area contributed by atoms with Gasteiger partial charge < -0.3 is 30.0 Å². The van der Waals surface area contributed by atoms with Crippen LogP contribution in [0, 0.1) is 0 Å². The first kappa shape index (κ1) is 23.3. The van der Waals surface area contributed by atoms with Crippen LogP contribution >= 0.6 is 0 Å². The van der Waals surface area contributed by atoms with Gasteiger partial charge in [-0.15, -0.1) is 0 Å². The molecular formula is C23H31N5O4. The van der Waals surface area contributed by atoms with Crippen LogP contribution in [0.4, 0.5) is 11.8 Å². The molecule has 0 aliphatic heterocycles. The lowest BCUT2D eigenvalue weighted by atomic mass is 10.1. The maximum Gasteiger partial charge on any atom is 0.225 e. The van der Waals surface area contributed by atoms with Crippen LogP contribution in [0.5, 0.6) is 17.2 Å². The molecule has 2 heterocycles. The third-order valence-electron chi connectivity index (χ3n) is 5.15. The number of aliphatic hydroxyl groups excluding tert-OH is 1. The summed E-state index contributed by atoms with van der Waals surface area (Å²) < 4.78 is 16.0. The highest BCUT2D eigenvalue weighted by Gasteiger charge is 2.15. The van der Waals surface area contributed by atoms with Crippen molar-refractivity contribution in [2.45, 2.75) is 38.8 Å². The van der Waals surface area contributed by atoms with Crippen molar-refractivity contribution in [1.82, 2.24) is 15.0 Å². The number of ether oxygens (including phenoxy) is 3. The second-order valence-corrected chi connectivity index (χ2v) is 7.34. The molecule has 0 bridgehead atoms. The lowest BCUT2D eigenvalue weighted by Gasteiger charge is -2.18. The maximum absolute atomic E-state index is 9.80. The Bertz CT molecular complexity index is 1030. The van der Waals surface area contributed by atoms with E-state index in [4.69, 9.17) is 14.2 Å². The van der Waals surface area contributed by atoms with Crippen LogP contribution in [0.3, 0.4) is 0 Å². The predicted molar refractivity (Wildman–Crippen MR) is 125 cm³/mol. The van der Waals surface area contributed by atoms with Gasteiger partial charge in [0.2, 0.25) is 5.95 Å². The van der Waals surface area contributed by atoms with E-state index in [9.17, 15) is 5.11 Å². The number of hydrogen-bond donors (Lipinski definition) is 3. The number of nitrogens with one attached hydrogen (secondary N) is 2. The van der Waals surface area contributed by atoms with E-state index in [0.717, 1.165) is 30.6 Å². The van der Waals surface area contributed by atoms with Crippen LogP contribution in [0.2, 0.25) is 0 Å². The molecule has 0 amide bonds. The second kappa shape index (κ2) is 11.3. The molecule has 2 aromatic heterocycles. The topological polar surface area (TPSA) is 111 Å². The summed E-state index contributed by atoms with van der Waals surface area (Å²) >= 11 is 0. The first-order valence-electron chi connectivity index (χ1n) is 10.7. The summed E-state index contributed by atoms with van der Waals surface area (Å²) in [5.74, 6) is 3.03. The van der Waals surface area contributed by atoms with Gasteiger partial charge in [-0.2, -0.15) is 4.98 Å². The van der Waals surface area contributed by atoms with Gasteiger partial charge >= 0.3 is 0 Å². The zero-order valence-electron chi connectivity index (χ0n) is 19.0. The molecule has 172 valence electrons. The van der Waals surface area contributed by atoms with E-state index in [-0.39, 0.29) is 12.6 Å². The number of fused-ring (bicyclic) bond motifs is 1. The number of methoxy groups -OCH3 is 3. The van der Waals surface area contributed by atoms with Crippen LogP contribution in [-0.2, 0) is 6.54 Å². The molecule has 0 unspecified atom stereocenters. The molecule has 3 aromatic rings. The number of aromatic nitrogens is 3. The van der Waals surface area contributed by atoms with Crippen molar-refractivity contribution < 1.29 is 19.3 Å². The Hall–Kier alpha value is -3.33. The highest BCUT2D eigenvalue weighted by molar-refractivity contribution is 5.87. The summed E-state index contributed by atoms with van der Waals surface area (Å²) in [5.41, 5.74) is 2.19. The number of anilines is 2. The predicted octanol–water partition coefficient (Wildman–Crippen LogP) is 3.63. The molecule has 3 rings (SSSR count). The van der Waals surface area contributed by atoms with Crippen molar-refractivity contribution in [3.63, 3.8) is 0 Å². The summed E-state index contributed by atoms with van der Waals surface area (Å²) in [6.45, 7) is 2.58. The molecule has 0 aliphatic carbocycles. The van der Waals surface area contributed by atoms with Gasteiger partial charge in [-0.3, -0.25) is 0 Å². The fourth-order valence-corrected chi connectivity index (χ4v) is 3.32. The molecule has 1 aromatic carbocycles. The standard InChI is InChI=1S/C23H31N5O4/c1-5-6-7-16(14-29)26-22-21-19(10-18(31-3)13-24-21)27-23(28-22)25-12-15-8-9-17(30-2)11-20(15)32-4/h8-11,13,16,29H,5-7,12,14H2,1-4H3,(H2,25,26,27,28)/t16-/m1/s1. The Morgan fingerprint density at radius 3 is 2.53 bits per heavy atom. The third-order valence-corrected chi connectivity index (χ3v) is 5.15. The van der Waals surface area contributed by atoms with Crippen molar-refractivity contribution in [2.75, 3.05) is 38.6 Å². The van der Waals surface area contributed by atoms with Crippen LogP contribution < -0.4 is 24.8 Å². The molecule has 0 fully saturated rings. The average molecular weight is 442 g/mol. The Morgan fingerprint density at radius 1 is 1.03 bits per heavy atom. The Labute approximate surface area is 188 Å². The highest BCUT2D eigenvalue weighted by Crippen LogP contribution is 2.27. The molecule has 0 spiro atoms. The van der Waals surface area contributed by atoms with Crippen molar-refractivity contribution in [2.24, 2.45) is 0 Å². The van der Waals surface area contributed by atoms with E-state index < -0.39 is 0 Å². The number of hydrogen-bond acceptors (Lipinski definition) is 9. The van der Waals surface area contributed by atoms with Gasteiger partial charge in [-0.05, 0) is 18.6 Å². The van der Waals surface area contributed by atoms with E-state index in [0.29, 0.717) is 40.8 Å². The number of rotatable bonds is 12. The minimum Gasteiger partial charge on any atom is -0.497 e. The number of aliphatic hydroxyl groups is 1. The zero-order valence-corrected chi connectivity index (χ0v) is 19.0. The summed E-state index contributed by atoms with van der Waals surface area (Å²) in [6, 6.07) is 7.34. The molecule has 32 heavy (non-hydrogen) atoms. The molecule has 1 atom stereocenters. The zero-order chi connectivity index (χ0) is 22.9. The first-order valence-corrected chi connectivity index (χ1v) is 10.7. The van der Waals surface area contributed by atoms with E-state index in [1.165, 1.54) is 0 Å². The molecule has 9 heteroatoms. The van der Waals surface area contributed by atoms with E-state index >= 15 is 0 Å². The van der Waals surface area contributed by atoms with Gasteiger partial charge in [0.25, 0.3) is 0 Å². The molecule has 9 nitrogen and oxygen atoms in total. The van der Waals surface area contributed by atoms with Gasteiger partial charge in [0, 0.05) is 24.2 Å². The number of nitrogens with zero attached hydrogens (tertiary/aromatic N) is 3. The smallest absolute Gasteiger partial charge is 0.225 e. The van der Waals surface area contributed by atoms with Crippen LogP contribution in [-0.4, -0.2) is 54.0 Å². The quantitative estimate of drug-likeness (QED) is 0.388. The van der Waals surface area contributed by atoms with Crippen LogP contribution in [0.25, 0.3) is 11.0 Å². The Morgan fingerprint density at radius 2 is 1.84 bits per heavy atom. The summed E-state index contributed by atoms with van der Waals surface area (Å²) in [7, 11) is 4.83. The molecule has 0 aliphatic rings. The molecule has 0 saturated heterocycles. The normalized spacial score (nSPS) is 11.8. The maximum atomic E-state index is 9.80. The lowest BCUT2D eigenvalue weighted by Crippen LogP contribution is -2.25. The van der Waals surface area contributed by atoms with Crippen LogP contribution in [0.15, 0.2) is 30.5 Å². The highest BCUT2D eigenvalue weighted by atomic mass is 16.5. The molecule has 3 N–H and O–H groups in total. The van der Waals surface area contributed by atoms with Gasteiger partial charge in [-0.25, -0.2) is 9.97 Å². The van der Waals surface area contributed by atoms with Crippen molar-refractivity contribution in [3.05, 3.63) is 36.0 Å². The van der Waals surface area contributed by atoms with E-state index in [2.05, 4.69) is 32.5 Å². The summed E-state index contributed by atoms with van der Waals surface area (Å²) in [5, 5.41) is 16.4. The fourth-order valence-electron chi connectivity index (χ4n) is 3.32. The van der Waals surface area contributed by atoms with Crippen LogP contribution in [0.1, 0.15) is 31.7 Å². The average Bonchev–Trinajstić information content (AvgIpc) is 2.84. The van der Waals surface area contributed by atoms with Crippen molar-refractivity contribution >= 4 is 22.8 Å². The molecular weight excluding hydrogens is 410 g/mol. The minimum absolute atomic E-state index is 0.00740. The van der Waals surface area contributed by atoms with E-state index in [1.807, 2.05) is 24.3 Å². The minimum atomic E-state index is -0.119. The third kappa shape index (κ3) is 5.67. The SMILES string of the molecule is CCCC[C@H](CO)Nc1nc(NCc2ccc(OC)cc2OC)nc2cc(OC)cnc12. The first-order chi connectivity index (χ1) is 15.6. The number of unbranched alkanes of at least 4 members (excludes halogenated alkanes) is 1. The van der Waals surface area contributed by atoms with Gasteiger partial charge in [0.05, 0.1) is 40.2 Å². The van der Waals surface area contributed by atoms with Gasteiger partial charge in [-0.1, -0.05) is 19.8 Å². The lowest BCUT2D eigenvalue weighted by molar-refractivity contribution is 0.267. The Kier molecular flexibility index (Phi) is 8.27.